The first-order chi connectivity index (χ1) is 15.0. The Bertz CT molecular complexity index is 1070. The van der Waals surface area contributed by atoms with Gasteiger partial charge >= 0.3 is 0 Å². The average Bonchev–Trinajstić information content (AvgIpc) is 3.06. The number of hydrogen-bond donors (Lipinski definition) is 2. The maximum atomic E-state index is 12.4. The summed E-state index contributed by atoms with van der Waals surface area (Å²) in [4.78, 5) is 24.4. The number of hydrazone groups is 1. The van der Waals surface area contributed by atoms with Crippen molar-refractivity contribution in [2.45, 2.75) is 13.8 Å². The maximum absolute atomic E-state index is 12.4. The highest BCUT2D eigenvalue weighted by molar-refractivity contribution is 6.00. The van der Waals surface area contributed by atoms with Crippen molar-refractivity contribution >= 4 is 18.0 Å². The zero-order valence-corrected chi connectivity index (χ0v) is 17.6. The predicted octanol–water partition coefficient (Wildman–Crippen LogP) is 3.03. The van der Waals surface area contributed by atoms with E-state index in [9.17, 15) is 9.59 Å². The van der Waals surface area contributed by atoms with E-state index in [0.29, 0.717) is 17.1 Å². The van der Waals surface area contributed by atoms with Gasteiger partial charge in [0, 0.05) is 22.5 Å². The summed E-state index contributed by atoms with van der Waals surface area (Å²) < 4.78 is 12.2. The molecule has 0 fully saturated rings. The Labute approximate surface area is 180 Å². The molecule has 0 bridgehead atoms. The highest BCUT2D eigenvalue weighted by Gasteiger charge is 2.12. The molecule has 8 heteroatoms. The van der Waals surface area contributed by atoms with Crippen LogP contribution in [-0.4, -0.2) is 36.4 Å². The summed E-state index contributed by atoms with van der Waals surface area (Å²) in [6.07, 6.45) is 1.53. The second kappa shape index (κ2) is 10.1. The number of rotatable bonds is 8. The molecule has 31 heavy (non-hydrogen) atoms. The summed E-state index contributed by atoms with van der Waals surface area (Å²) >= 11 is 0. The first kappa shape index (κ1) is 21.6. The summed E-state index contributed by atoms with van der Waals surface area (Å²) in [6.45, 7) is 3.56. The zero-order chi connectivity index (χ0) is 22.2. The van der Waals surface area contributed by atoms with E-state index in [1.165, 1.54) is 6.21 Å². The predicted molar refractivity (Wildman–Crippen MR) is 118 cm³/mol. The van der Waals surface area contributed by atoms with Crippen molar-refractivity contribution in [1.82, 2.24) is 10.1 Å². The van der Waals surface area contributed by atoms with Crippen LogP contribution in [0.1, 0.15) is 27.3 Å². The summed E-state index contributed by atoms with van der Waals surface area (Å²) in [5, 5.41) is 3.98. The van der Waals surface area contributed by atoms with Crippen LogP contribution in [0.25, 0.3) is 0 Å². The molecule has 0 aliphatic heterocycles. The van der Waals surface area contributed by atoms with Crippen LogP contribution in [0.4, 0.5) is 0 Å². The van der Waals surface area contributed by atoms with E-state index in [1.807, 2.05) is 38.1 Å². The van der Waals surface area contributed by atoms with E-state index < -0.39 is 5.91 Å². The smallest absolute Gasteiger partial charge is 0.277 e. The number of ether oxygens (including phenoxy) is 2. The van der Waals surface area contributed by atoms with Crippen LogP contribution in [0.3, 0.4) is 0 Å². The maximum Gasteiger partial charge on any atom is 0.277 e. The number of methoxy groups -OCH3 is 1. The highest BCUT2D eigenvalue weighted by Crippen LogP contribution is 2.16. The van der Waals surface area contributed by atoms with E-state index in [4.69, 9.17) is 9.47 Å². The number of amides is 2. The largest absolute Gasteiger partial charge is 0.497 e. The Hall–Kier alpha value is -4.07. The molecule has 160 valence electrons. The Morgan fingerprint density at radius 1 is 1.03 bits per heavy atom. The number of aryl methyl sites for hydroxylation is 1. The first-order valence-electron chi connectivity index (χ1n) is 9.62. The molecule has 0 spiro atoms. The van der Waals surface area contributed by atoms with E-state index in [0.717, 1.165) is 17.0 Å². The van der Waals surface area contributed by atoms with Crippen molar-refractivity contribution in [2.75, 3.05) is 19.1 Å². The van der Waals surface area contributed by atoms with Gasteiger partial charge in [-0.25, -0.2) is 5.43 Å². The zero-order valence-electron chi connectivity index (χ0n) is 17.6. The highest BCUT2D eigenvalue weighted by atomic mass is 16.5. The molecular formula is C23H24N4O4. The van der Waals surface area contributed by atoms with Gasteiger partial charge < -0.3 is 9.47 Å². The standard InChI is InChI=1S/C23H24N4O4/c1-16-13-19(17(2)27(16)26-23(29)18-7-5-4-6-8-18)14-24-25-22(28)15-31-21-11-9-20(30-3)10-12-21/h4-14H,15H2,1-3H3,(H,25,28)(H,26,29)/b24-14+. The lowest BCUT2D eigenvalue weighted by Crippen LogP contribution is -2.25. The van der Waals surface area contributed by atoms with Crippen molar-refractivity contribution in [3.05, 3.63) is 83.2 Å². The molecule has 0 aliphatic rings. The fourth-order valence-electron chi connectivity index (χ4n) is 2.87. The summed E-state index contributed by atoms with van der Waals surface area (Å²) in [6, 6.07) is 17.8. The molecule has 2 aromatic carbocycles. The lowest BCUT2D eigenvalue weighted by molar-refractivity contribution is -0.123. The van der Waals surface area contributed by atoms with Crippen LogP contribution in [0.2, 0.25) is 0 Å². The Morgan fingerprint density at radius 2 is 1.71 bits per heavy atom. The molecule has 1 heterocycles. The van der Waals surface area contributed by atoms with Gasteiger partial charge in [-0.3, -0.25) is 19.7 Å². The molecule has 1 aromatic heterocycles. The third-order valence-electron chi connectivity index (χ3n) is 4.54. The number of carbonyl (C=O) groups excluding carboxylic acids is 2. The number of hydrogen-bond acceptors (Lipinski definition) is 5. The molecular weight excluding hydrogens is 396 g/mol. The van der Waals surface area contributed by atoms with Gasteiger partial charge in [0.2, 0.25) is 0 Å². The fourth-order valence-corrected chi connectivity index (χ4v) is 2.87. The molecule has 0 aliphatic carbocycles. The lowest BCUT2D eigenvalue weighted by Gasteiger charge is -2.11. The SMILES string of the molecule is COc1ccc(OCC(=O)N/N=C/c2cc(C)n(NC(=O)c3ccccc3)c2C)cc1. The molecule has 0 unspecified atom stereocenters. The molecule has 3 rings (SSSR count). The number of nitrogens with zero attached hydrogens (tertiary/aromatic N) is 2. The van der Waals surface area contributed by atoms with Gasteiger partial charge in [-0.2, -0.15) is 5.10 Å². The second-order valence-corrected chi connectivity index (χ2v) is 6.73. The Morgan fingerprint density at radius 3 is 2.39 bits per heavy atom. The lowest BCUT2D eigenvalue weighted by atomic mass is 10.2. The third-order valence-corrected chi connectivity index (χ3v) is 4.54. The minimum atomic E-state index is -0.391. The average molecular weight is 420 g/mol. The van der Waals surface area contributed by atoms with E-state index in [-0.39, 0.29) is 12.5 Å². The first-order valence-corrected chi connectivity index (χ1v) is 9.62. The van der Waals surface area contributed by atoms with Gasteiger partial charge in [0.05, 0.1) is 13.3 Å². The quantitative estimate of drug-likeness (QED) is 0.433. The molecule has 2 N–H and O–H groups in total. The molecule has 0 atom stereocenters. The molecule has 0 saturated carbocycles. The molecule has 8 nitrogen and oxygen atoms in total. The van der Waals surface area contributed by atoms with Gasteiger partial charge in [0.25, 0.3) is 11.8 Å². The van der Waals surface area contributed by atoms with E-state index >= 15 is 0 Å². The topological polar surface area (TPSA) is 93.9 Å². The number of nitrogens with one attached hydrogen (secondary N) is 2. The van der Waals surface area contributed by atoms with Crippen LogP contribution in [0.5, 0.6) is 11.5 Å². The van der Waals surface area contributed by atoms with Gasteiger partial charge in [0.15, 0.2) is 6.61 Å². The molecule has 0 radical (unpaired) electrons. The van der Waals surface area contributed by atoms with Crippen LogP contribution >= 0.6 is 0 Å². The molecule has 2 amide bonds. The number of benzene rings is 2. The van der Waals surface area contributed by atoms with Gasteiger partial charge in [-0.05, 0) is 56.3 Å². The molecule has 0 saturated heterocycles. The van der Waals surface area contributed by atoms with Crippen molar-refractivity contribution in [3.63, 3.8) is 0 Å². The minimum absolute atomic E-state index is 0.171. The van der Waals surface area contributed by atoms with Gasteiger partial charge in [-0.15, -0.1) is 0 Å². The monoisotopic (exact) mass is 420 g/mol. The normalized spacial score (nSPS) is 10.7. The fraction of sp³-hybridized carbons (Fsp3) is 0.174. The van der Waals surface area contributed by atoms with Gasteiger partial charge in [-0.1, -0.05) is 18.2 Å². The summed E-state index contributed by atoms with van der Waals surface area (Å²) in [5.74, 6) is 0.657. The van der Waals surface area contributed by atoms with Crippen molar-refractivity contribution in [1.29, 1.82) is 0 Å². The van der Waals surface area contributed by atoms with E-state index in [2.05, 4.69) is 16.0 Å². The van der Waals surface area contributed by atoms with Gasteiger partial charge in [0.1, 0.15) is 11.5 Å². The Balaban J connectivity index is 1.55. The number of aromatic nitrogens is 1. The summed E-state index contributed by atoms with van der Waals surface area (Å²) in [5.41, 5.74) is 8.24. The second-order valence-electron chi connectivity index (χ2n) is 6.73. The van der Waals surface area contributed by atoms with Crippen molar-refractivity contribution < 1.29 is 19.1 Å². The summed E-state index contributed by atoms with van der Waals surface area (Å²) in [7, 11) is 1.58. The van der Waals surface area contributed by atoms with Crippen molar-refractivity contribution in [2.24, 2.45) is 5.10 Å². The van der Waals surface area contributed by atoms with Crippen LogP contribution < -0.4 is 20.3 Å². The molecule has 3 aromatic rings. The van der Waals surface area contributed by atoms with Crippen LogP contribution in [0.15, 0.2) is 65.8 Å². The van der Waals surface area contributed by atoms with Crippen LogP contribution in [0, 0.1) is 13.8 Å². The van der Waals surface area contributed by atoms with E-state index in [1.54, 1.807) is 48.2 Å². The van der Waals surface area contributed by atoms with Crippen molar-refractivity contribution in [3.8, 4) is 11.5 Å². The van der Waals surface area contributed by atoms with Crippen LogP contribution in [-0.2, 0) is 4.79 Å². The minimum Gasteiger partial charge on any atom is -0.497 e. The Kier molecular flexibility index (Phi) is 7.05. The number of carbonyl (C=O) groups is 2. The third kappa shape index (κ3) is 5.72.